The van der Waals surface area contributed by atoms with Crippen LogP contribution in [0.15, 0.2) is 36.4 Å². The van der Waals surface area contributed by atoms with Crippen LogP contribution in [0.1, 0.15) is 63.0 Å². The minimum absolute atomic E-state index is 0.263. The third-order valence-electron chi connectivity index (χ3n) is 5.41. The molecule has 2 aromatic carbocycles. The average Bonchev–Trinajstić information content (AvgIpc) is 2.68. The summed E-state index contributed by atoms with van der Waals surface area (Å²) in [5.41, 5.74) is 1.92. The Morgan fingerprint density at radius 3 is 2.45 bits per heavy atom. The van der Waals surface area contributed by atoms with Gasteiger partial charge in [0.15, 0.2) is 11.5 Å². The molecule has 0 aliphatic heterocycles. The Hall–Kier alpha value is -1.78. The molecule has 0 saturated heterocycles. The molecule has 158 valence electrons. The van der Waals surface area contributed by atoms with Gasteiger partial charge in [0.2, 0.25) is 0 Å². The van der Waals surface area contributed by atoms with E-state index >= 15 is 0 Å². The monoisotopic (exact) mass is 419 g/mol. The second-order valence-corrected chi connectivity index (χ2v) is 8.07. The Bertz CT molecular complexity index is 775. The molecule has 1 aliphatic rings. The van der Waals surface area contributed by atoms with E-state index in [1.165, 1.54) is 62.6 Å². The lowest BCUT2D eigenvalue weighted by molar-refractivity contribution is 0.269. The second kappa shape index (κ2) is 11.4. The summed E-state index contributed by atoms with van der Waals surface area (Å²) in [5.74, 6) is 1.04. The Morgan fingerprint density at radius 1 is 0.966 bits per heavy atom. The molecular formula is C24H31ClFNO2. The normalized spacial score (nSPS) is 15.6. The first-order valence-corrected chi connectivity index (χ1v) is 11.1. The first-order chi connectivity index (χ1) is 14.2. The summed E-state index contributed by atoms with van der Waals surface area (Å²) >= 11 is 6.10. The van der Waals surface area contributed by atoms with Gasteiger partial charge >= 0.3 is 0 Å². The quantitative estimate of drug-likeness (QED) is 0.519. The highest BCUT2D eigenvalue weighted by atomic mass is 35.5. The number of hydrogen-bond donors (Lipinski definition) is 1. The van der Waals surface area contributed by atoms with Crippen LogP contribution >= 0.6 is 11.6 Å². The summed E-state index contributed by atoms with van der Waals surface area (Å²) in [7, 11) is 0. The molecule has 1 N–H and O–H groups in total. The largest absolute Gasteiger partial charge is 0.490 e. The minimum Gasteiger partial charge on any atom is -0.490 e. The molecule has 1 fully saturated rings. The lowest BCUT2D eigenvalue weighted by atomic mass is 9.96. The fraction of sp³-hybridized carbons (Fsp3) is 0.500. The van der Waals surface area contributed by atoms with E-state index in [1.807, 2.05) is 19.1 Å². The summed E-state index contributed by atoms with van der Waals surface area (Å²) in [5, 5.41) is 4.08. The van der Waals surface area contributed by atoms with Gasteiger partial charge in [-0.05, 0) is 49.6 Å². The van der Waals surface area contributed by atoms with Gasteiger partial charge in [-0.1, -0.05) is 55.8 Å². The number of ether oxygens (including phenoxy) is 2. The van der Waals surface area contributed by atoms with E-state index in [1.54, 1.807) is 6.07 Å². The molecular weight excluding hydrogens is 389 g/mol. The molecule has 0 bridgehead atoms. The Kier molecular flexibility index (Phi) is 8.63. The van der Waals surface area contributed by atoms with E-state index in [-0.39, 0.29) is 12.4 Å². The zero-order valence-corrected chi connectivity index (χ0v) is 17.9. The van der Waals surface area contributed by atoms with Gasteiger partial charge in [0.1, 0.15) is 12.4 Å². The standard InChI is InChI=1S/C24H31ClFNO2/c1-2-28-24-14-18(16-27-21-8-6-4-3-5-7-9-21)10-13-23(24)29-17-19-11-12-20(26)15-22(19)25/h10-15,21,27H,2-9,16-17H2,1H3. The van der Waals surface area contributed by atoms with Crippen molar-refractivity contribution in [1.82, 2.24) is 5.32 Å². The number of hydrogen-bond acceptors (Lipinski definition) is 3. The maximum absolute atomic E-state index is 13.2. The fourth-order valence-corrected chi connectivity index (χ4v) is 3.99. The molecule has 0 heterocycles. The van der Waals surface area contributed by atoms with Crippen molar-refractivity contribution in [3.8, 4) is 11.5 Å². The van der Waals surface area contributed by atoms with E-state index in [4.69, 9.17) is 21.1 Å². The SMILES string of the molecule is CCOc1cc(CNC2CCCCCCC2)ccc1OCc1ccc(F)cc1Cl. The second-order valence-electron chi connectivity index (χ2n) is 7.66. The van der Waals surface area contributed by atoms with E-state index < -0.39 is 0 Å². The Balaban J connectivity index is 1.61. The van der Waals surface area contributed by atoms with Crippen molar-refractivity contribution in [2.75, 3.05) is 6.61 Å². The lowest BCUT2D eigenvalue weighted by Gasteiger charge is -2.21. The molecule has 3 rings (SSSR count). The van der Waals surface area contributed by atoms with Gasteiger partial charge in [-0.2, -0.15) is 0 Å². The highest BCUT2D eigenvalue weighted by molar-refractivity contribution is 6.31. The highest BCUT2D eigenvalue weighted by Crippen LogP contribution is 2.30. The topological polar surface area (TPSA) is 30.5 Å². The summed E-state index contributed by atoms with van der Waals surface area (Å²) < 4.78 is 24.9. The van der Waals surface area contributed by atoms with Crippen LogP contribution < -0.4 is 14.8 Å². The van der Waals surface area contributed by atoms with Crippen LogP contribution in [0.4, 0.5) is 4.39 Å². The van der Waals surface area contributed by atoms with Crippen LogP contribution in [0.5, 0.6) is 11.5 Å². The molecule has 0 atom stereocenters. The molecule has 0 unspecified atom stereocenters. The van der Waals surface area contributed by atoms with Crippen LogP contribution in [0.2, 0.25) is 5.02 Å². The maximum atomic E-state index is 13.2. The van der Waals surface area contributed by atoms with Gasteiger partial charge in [0, 0.05) is 18.2 Å². The Labute approximate surface area is 178 Å². The lowest BCUT2D eigenvalue weighted by Crippen LogP contribution is -2.29. The van der Waals surface area contributed by atoms with Gasteiger partial charge in [0.25, 0.3) is 0 Å². The predicted molar refractivity (Wildman–Crippen MR) is 116 cm³/mol. The van der Waals surface area contributed by atoms with E-state index in [0.29, 0.717) is 23.4 Å². The van der Waals surface area contributed by atoms with Gasteiger partial charge in [-0.15, -0.1) is 0 Å². The minimum atomic E-state index is -0.352. The molecule has 5 heteroatoms. The smallest absolute Gasteiger partial charge is 0.161 e. The summed E-state index contributed by atoms with van der Waals surface area (Å²) in [6, 6.07) is 11.0. The first-order valence-electron chi connectivity index (χ1n) is 10.7. The number of rotatable bonds is 8. The van der Waals surface area contributed by atoms with Crippen LogP contribution in [0.25, 0.3) is 0 Å². The van der Waals surface area contributed by atoms with Crippen molar-refractivity contribution in [3.63, 3.8) is 0 Å². The summed E-state index contributed by atoms with van der Waals surface area (Å²) in [6.07, 6.45) is 9.26. The summed E-state index contributed by atoms with van der Waals surface area (Å²) in [6.45, 7) is 3.61. The molecule has 0 aromatic heterocycles. The van der Waals surface area contributed by atoms with Crippen molar-refractivity contribution in [2.24, 2.45) is 0 Å². The van der Waals surface area contributed by atoms with E-state index in [0.717, 1.165) is 17.9 Å². The Morgan fingerprint density at radius 2 is 1.72 bits per heavy atom. The summed E-state index contributed by atoms with van der Waals surface area (Å²) in [4.78, 5) is 0. The van der Waals surface area contributed by atoms with Gasteiger partial charge in [0.05, 0.1) is 11.6 Å². The van der Waals surface area contributed by atoms with Crippen molar-refractivity contribution >= 4 is 11.6 Å². The maximum Gasteiger partial charge on any atom is 0.161 e. The molecule has 0 spiro atoms. The molecule has 1 saturated carbocycles. The van der Waals surface area contributed by atoms with Gasteiger partial charge < -0.3 is 14.8 Å². The number of nitrogens with one attached hydrogen (secondary N) is 1. The molecule has 2 aromatic rings. The van der Waals surface area contributed by atoms with Crippen LogP contribution in [0, 0.1) is 5.82 Å². The molecule has 3 nitrogen and oxygen atoms in total. The number of halogens is 2. The van der Waals surface area contributed by atoms with Crippen molar-refractivity contribution < 1.29 is 13.9 Å². The third kappa shape index (κ3) is 6.90. The zero-order valence-electron chi connectivity index (χ0n) is 17.2. The van der Waals surface area contributed by atoms with E-state index in [9.17, 15) is 4.39 Å². The molecule has 1 aliphatic carbocycles. The third-order valence-corrected chi connectivity index (χ3v) is 5.76. The van der Waals surface area contributed by atoms with Crippen molar-refractivity contribution in [2.45, 2.75) is 71.1 Å². The van der Waals surface area contributed by atoms with Crippen LogP contribution in [-0.4, -0.2) is 12.6 Å². The van der Waals surface area contributed by atoms with Crippen molar-refractivity contribution in [1.29, 1.82) is 0 Å². The first kappa shape index (κ1) is 21.9. The van der Waals surface area contributed by atoms with Crippen LogP contribution in [-0.2, 0) is 13.2 Å². The average molecular weight is 420 g/mol. The van der Waals surface area contributed by atoms with Gasteiger partial charge in [-0.3, -0.25) is 0 Å². The molecule has 0 amide bonds. The fourth-order valence-electron chi connectivity index (χ4n) is 3.77. The van der Waals surface area contributed by atoms with E-state index in [2.05, 4.69) is 11.4 Å². The number of benzene rings is 2. The van der Waals surface area contributed by atoms with Crippen LogP contribution in [0.3, 0.4) is 0 Å². The highest BCUT2D eigenvalue weighted by Gasteiger charge is 2.12. The van der Waals surface area contributed by atoms with Gasteiger partial charge in [-0.25, -0.2) is 4.39 Å². The molecule has 0 radical (unpaired) electrons. The molecule has 29 heavy (non-hydrogen) atoms. The zero-order chi connectivity index (χ0) is 20.5. The van der Waals surface area contributed by atoms with Crippen molar-refractivity contribution in [3.05, 3.63) is 58.4 Å². The predicted octanol–water partition coefficient (Wildman–Crippen LogP) is 6.66.